The van der Waals surface area contributed by atoms with Gasteiger partial charge in [0, 0.05) is 19.4 Å². The fourth-order valence-corrected chi connectivity index (χ4v) is 4.27. The number of amides is 1. The Labute approximate surface area is 131 Å². The van der Waals surface area contributed by atoms with Crippen LogP contribution in [0.2, 0.25) is 0 Å². The maximum Gasteiger partial charge on any atom is 0.324 e. The van der Waals surface area contributed by atoms with E-state index in [-0.39, 0.29) is 19.4 Å². The van der Waals surface area contributed by atoms with Crippen LogP contribution in [-0.2, 0) is 32.6 Å². The summed E-state index contributed by atoms with van der Waals surface area (Å²) in [7, 11) is -4.21. The average molecular weight is 348 g/mol. The van der Waals surface area contributed by atoms with E-state index < -0.39 is 33.1 Å². The van der Waals surface area contributed by atoms with Crippen LogP contribution in [0.4, 0.5) is 0 Å². The zero-order valence-corrected chi connectivity index (χ0v) is 13.2. The highest BCUT2D eigenvalue weighted by molar-refractivity contribution is 7.91. The van der Waals surface area contributed by atoms with E-state index in [1.165, 1.54) is 11.3 Å². The van der Waals surface area contributed by atoms with E-state index >= 15 is 0 Å². The van der Waals surface area contributed by atoms with Gasteiger partial charge in [-0.15, -0.1) is 21.5 Å². The molecule has 0 bridgehead atoms. The molecule has 0 spiro atoms. The largest absolute Gasteiger partial charge is 0.480 e. The van der Waals surface area contributed by atoms with E-state index in [0.717, 1.165) is 0 Å². The van der Waals surface area contributed by atoms with Gasteiger partial charge in [-0.1, -0.05) is 0 Å². The summed E-state index contributed by atoms with van der Waals surface area (Å²) in [5.41, 5.74) is 5.39. The molecule has 122 valence electrons. The van der Waals surface area contributed by atoms with Crippen molar-refractivity contribution < 1.29 is 23.1 Å². The van der Waals surface area contributed by atoms with Gasteiger partial charge >= 0.3 is 5.97 Å². The van der Waals surface area contributed by atoms with Gasteiger partial charge in [-0.2, -0.15) is 0 Å². The van der Waals surface area contributed by atoms with Gasteiger partial charge in [0.1, 0.15) is 10.0 Å². The molecule has 0 aliphatic heterocycles. The van der Waals surface area contributed by atoms with Crippen molar-refractivity contribution in [1.29, 1.82) is 0 Å². The first-order chi connectivity index (χ1) is 10.3. The van der Waals surface area contributed by atoms with Crippen LogP contribution >= 0.6 is 11.3 Å². The minimum atomic E-state index is -4.21. The van der Waals surface area contributed by atoms with Gasteiger partial charge in [-0.3, -0.25) is 14.3 Å². The van der Waals surface area contributed by atoms with Crippen LogP contribution in [0.3, 0.4) is 0 Å². The third-order valence-corrected chi connectivity index (χ3v) is 5.91. The molecule has 1 aromatic rings. The lowest BCUT2D eigenvalue weighted by molar-refractivity contribution is -0.136. The minimum absolute atomic E-state index is 0.116. The smallest absolute Gasteiger partial charge is 0.324 e. The van der Waals surface area contributed by atoms with Crippen molar-refractivity contribution in [2.24, 2.45) is 11.7 Å². The van der Waals surface area contributed by atoms with E-state index in [2.05, 4.69) is 10.2 Å². The lowest BCUT2D eigenvalue weighted by Gasteiger charge is -2.13. The molecule has 1 atom stereocenters. The van der Waals surface area contributed by atoms with Gasteiger partial charge in [-0.05, 0) is 18.8 Å². The zero-order valence-electron chi connectivity index (χ0n) is 11.6. The summed E-state index contributed by atoms with van der Waals surface area (Å²) in [4.78, 5) is 22.8. The molecule has 9 nitrogen and oxygen atoms in total. The first-order valence-corrected chi connectivity index (χ1v) is 8.98. The van der Waals surface area contributed by atoms with Gasteiger partial charge in [-0.25, -0.2) is 8.42 Å². The molecule has 11 heteroatoms. The number of hydrogen-bond donors (Lipinski definition) is 3. The highest BCUT2D eigenvalue weighted by Crippen LogP contribution is 2.36. The van der Waals surface area contributed by atoms with Crippen LogP contribution in [-0.4, -0.2) is 40.8 Å². The fourth-order valence-electron chi connectivity index (χ4n) is 1.95. The number of carbonyl (C=O) groups excluding carboxylic acids is 1. The quantitative estimate of drug-likeness (QED) is 0.554. The van der Waals surface area contributed by atoms with E-state index in [9.17, 15) is 18.0 Å². The van der Waals surface area contributed by atoms with Crippen molar-refractivity contribution in [3.05, 3.63) is 10.0 Å². The monoisotopic (exact) mass is 348 g/mol. The second kappa shape index (κ2) is 6.67. The Morgan fingerprint density at radius 3 is 2.50 bits per heavy atom. The van der Waals surface area contributed by atoms with Crippen LogP contribution in [0.5, 0.6) is 0 Å². The number of aryl methyl sites for hydroxylation is 1. The number of nitrogens with two attached hydrogens (primary N) is 1. The molecule has 22 heavy (non-hydrogen) atoms. The van der Waals surface area contributed by atoms with Gasteiger partial charge in [0.15, 0.2) is 5.25 Å². The molecule has 1 saturated carbocycles. The van der Waals surface area contributed by atoms with E-state index in [1.807, 2.05) is 4.72 Å². The number of nitrogens with one attached hydrogen (secondary N) is 1. The number of aliphatic carboxylic acids is 1. The number of carboxylic acid groups (broad SMARTS) is 1. The maximum absolute atomic E-state index is 12.0. The number of nitrogens with zero attached hydrogens (tertiary/aromatic N) is 2. The number of rotatable bonds is 8. The molecule has 1 aliphatic rings. The van der Waals surface area contributed by atoms with Crippen LogP contribution in [0.15, 0.2) is 0 Å². The summed E-state index contributed by atoms with van der Waals surface area (Å²) in [6.07, 6.45) is 1.19. The van der Waals surface area contributed by atoms with Gasteiger partial charge < -0.3 is 10.8 Å². The molecule has 0 aromatic carbocycles. The topological polar surface area (TPSA) is 152 Å². The predicted octanol–water partition coefficient (Wildman–Crippen LogP) is -0.761. The second-order valence-electron chi connectivity index (χ2n) is 4.96. The lowest BCUT2D eigenvalue weighted by atomic mass is 10.3. The third kappa shape index (κ3) is 4.21. The number of aromatic nitrogens is 2. The van der Waals surface area contributed by atoms with Crippen molar-refractivity contribution in [3.63, 3.8) is 0 Å². The van der Waals surface area contributed by atoms with Crippen LogP contribution < -0.4 is 10.5 Å². The van der Waals surface area contributed by atoms with Gasteiger partial charge in [0.25, 0.3) is 0 Å². The summed E-state index contributed by atoms with van der Waals surface area (Å²) < 4.78 is 25.8. The van der Waals surface area contributed by atoms with Crippen LogP contribution in [0.1, 0.15) is 29.3 Å². The fraction of sp³-hybridized carbons (Fsp3) is 0.636. The Morgan fingerprint density at radius 1 is 1.36 bits per heavy atom. The number of carboxylic acids is 1. The molecular weight excluding hydrogens is 332 g/mol. The number of sulfonamides is 1. The summed E-state index contributed by atoms with van der Waals surface area (Å²) in [5.74, 6) is -2.60. The highest BCUT2D eigenvalue weighted by atomic mass is 32.2. The van der Waals surface area contributed by atoms with Crippen molar-refractivity contribution in [3.8, 4) is 0 Å². The van der Waals surface area contributed by atoms with Gasteiger partial charge in [0.05, 0.1) is 0 Å². The number of hydrogen-bond acceptors (Lipinski definition) is 8. The van der Waals surface area contributed by atoms with Gasteiger partial charge in [0.2, 0.25) is 15.9 Å². The van der Waals surface area contributed by atoms with Crippen molar-refractivity contribution in [2.45, 2.75) is 37.5 Å². The average Bonchev–Trinajstić information content (AvgIpc) is 3.12. The van der Waals surface area contributed by atoms with Crippen molar-refractivity contribution in [1.82, 2.24) is 14.9 Å². The zero-order chi connectivity index (χ0) is 16.3. The Morgan fingerprint density at radius 2 is 2.00 bits per heavy atom. The molecule has 0 radical (unpaired) electrons. The third-order valence-electron chi connectivity index (χ3n) is 3.13. The second-order valence-corrected chi connectivity index (χ2v) is 7.91. The van der Waals surface area contributed by atoms with E-state index in [1.54, 1.807) is 0 Å². The molecule has 1 fully saturated rings. The minimum Gasteiger partial charge on any atom is -0.480 e. The van der Waals surface area contributed by atoms with E-state index in [4.69, 9.17) is 10.8 Å². The Balaban J connectivity index is 1.91. The normalized spacial score (nSPS) is 16.2. The summed E-state index contributed by atoms with van der Waals surface area (Å²) >= 11 is 1.25. The lowest BCUT2D eigenvalue weighted by Crippen LogP contribution is -2.43. The molecule has 1 heterocycles. The Bertz CT molecular complexity index is 668. The van der Waals surface area contributed by atoms with Crippen LogP contribution in [0.25, 0.3) is 0 Å². The molecule has 1 aromatic heterocycles. The standard InChI is InChI=1S/C11H16N4O5S2/c12-5-9-14-13-8(21-9)4-3-7(16)15-22(19,20)10(11(17)18)6-1-2-6/h6,10H,1-5,12H2,(H,15,16)(H,17,18). The van der Waals surface area contributed by atoms with Crippen LogP contribution in [0, 0.1) is 5.92 Å². The molecule has 1 amide bonds. The first-order valence-electron chi connectivity index (χ1n) is 6.62. The molecule has 0 saturated heterocycles. The van der Waals surface area contributed by atoms with Crippen molar-refractivity contribution >= 4 is 33.2 Å². The summed E-state index contributed by atoms with van der Waals surface area (Å²) in [6.45, 7) is 0.250. The molecule has 4 N–H and O–H groups in total. The molecule has 1 aliphatic carbocycles. The number of carbonyl (C=O) groups is 2. The Kier molecular flexibility index (Phi) is 5.08. The maximum atomic E-state index is 12.0. The summed E-state index contributed by atoms with van der Waals surface area (Å²) in [6, 6.07) is 0. The summed E-state index contributed by atoms with van der Waals surface area (Å²) in [5, 5.41) is 16.3. The SMILES string of the molecule is NCc1nnc(CCC(=O)NS(=O)(=O)C(C(=O)O)C2CC2)s1. The molecule has 1 unspecified atom stereocenters. The predicted molar refractivity (Wildman–Crippen MR) is 77.3 cm³/mol. The Hall–Kier alpha value is -1.59. The highest BCUT2D eigenvalue weighted by Gasteiger charge is 2.45. The molecule has 2 rings (SSSR count). The van der Waals surface area contributed by atoms with E-state index in [0.29, 0.717) is 22.9 Å². The van der Waals surface area contributed by atoms with Crippen molar-refractivity contribution in [2.75, 3.05) is 0 Å². The molecular formula is C11H16N4O5S2. The first kappa shape index (κ1) is 16.8.